The molecule has 0 bridgehead atoms. The number of amides is 1. The molecule has 0 aliphatic rings. The van der Waals surface area contributed by atoms with Crippen molar-refractivity contribution in [3.05, 3.63) is 46.4 Å². The van der Waals surface area contributed by atoms with E-state index in [1.807, 2.05) is 0 Å². The van der Waals surface area contributed by atoms with E-state index in [0.717, 1.165) is 10.6 Å². The van der Waals surface area contributed by atoms with Gasteiger partial charge in [-0.05, 0) is 50.2 Å². The van der Waals surface area contributed by atoms with E-state index < -0.39 is 32.5 Å². The second-order valence-corrected chi connectivity index (χ2v) is 11.5. The summed E-state index contributed by atoms with van der Waals surface area (Å²) in [6.07, 6.45) is 0.939. The van der Waals surface area contributed by atoms with Crippen LogP contribution in [0.3, 0.4) is 0 Å². The third-order valence-corrected chi connectivity index (χ3v) is 7.56. The molecule has 0 saturated carbocycles. The fraction of sp³-hybridized carbons (Fsp3) is 0.316. The van der Waals surface area contributed by atoms with E-state index >= 15 is 0 Å². The number of sulfonamides is 2. The van der Waals surface area contributed by atoms with Crippen molar-refractivity contribution in [2.45, 2.75) is 24.8 Å². The van der Waals surface area contributed by atoms with Gasteiger partial charge in [0.1, 0.15) is 12.3 Å². The summed E-state index contributed by atoms with van der Waals surface area (Å²) < 4.78 is 58.0. The molecule has 2 N–H and O–H groups in total. The highest BCUT2D eigenvalue weighted by molar-refractivity contribution is 7.92. The Hall–Kier alpha value is -2.05. The first-order valence-corrected chi connectivity index (χ1v) is 13.3. The molecule has 0 aliphatic heterocycles. The molecule has 0 fully saturated rings. The van der Waals surface area contributed by atoms with Gasteiger partial charge in [0.25, 0.3) is 0 Å². The lowest BCUT2D eigenvalue weighted by Gasteiger charge is -2.22. The summed E-state index contributed by atoms with van der Waals surface area (Å²) in [7, 11) is -6.34. The second-order valence-electron chi connectivity index (χ2n) is 7.05. The smallest absolute Gasteiger partial charge is 0.245 e. The van der Waals surface area contributed by atoms with Gasteiger partial charge in [0.15, 0.2) is 0 Å². The van der Waals surface area contributed by atoms with Crippen LogP contribution in [0.25, 0.3) is 0 Å². The predicted molar refractivity (Wildman–Crippen MR) is 126 cm³/mol. The van der Waals surface area contributed by atoms with Crippen LogP contribution in [0.4, 0.5) is 11.4 Å². The van der Waals surface area contributed by atoms with Gasteiger partial charge in [-0.15, -0.1) is 0 Å². The SMILES string of the molecule is COc1ccc(S(=O)(=O)NC(C)C)cc1NC(=O)CN(c1ccc(Cl)c(Cl)c1)S(C)(=O)=O. The maximum atomic E-state index is 12.7. The van der Waals surface area contributed by atoms with Crippen molar-refractivity contribution in [2.75, 3.05) is 29.5 Å². The van der Waals surface area contributed by atoms with Crippen LogP contribution in [0.5, 0.6) is 5.75 Å². The van der Waals surface area contributed by atoms with Crippen LogP contribution in [-0.4, -0.2) is 48.7 Å². The quantitative estimate of drug-likeness (QED) is 0.520. The average Bonchev–Trinajstić information content (AvgIpc) is 2.66. The fourth-order valence-electron chi connectivity index (χ4n) is 2.69. The lowest BCUT2D eigenvalue weighted by Crippen LogP contribution is -2.37. The Labute approximate surface area is 197 Å². The van der Waals surface area contributed by atoms with Crippen LogP contribution in [-0.2, 0) is 24.8 Å². The number of carbonyl (C=O) groups excluding carboxylic acids is 1. The van der Waals surface area contributed by atoms with Gasteiger partial charge >= 0.3 is 0 Å². The first-order valence-electron chi connectivity index (χ1n) is 9.17. The molecule has 0 saturated heterocycles. The van der Waals surface area contributed by atoms with Crippen molar-refractivity contribution >= 4 is 60.5 Å². The third-order valence-electron chi connectivity index (χ3n) is 4.02. The maximum Gasteiger partial charge on any atom is 0.245 e. The van der Waals surface area contributed by atoms with Gasteiger partial charge in [-0.25, -0.2) is 21.6 Å². The number of nitrogens with one attached hydrogen (secondary N) is 2. The fourth-order valence-corrected chi connectivity index (χ4v) is 5.11. The van der Waals surface area contributed by atoms with Gasteiger partial charge in [-0.2, -0.15) is 0 Å². The minimum Gasteiger partial charge on any atom is -0.495 e. The topological polar surface area (TPSA) is 122 Å². The third kappa shape index (κ3) is 6.72. The van der Waals surface area contributed by atoms with Crippen molar-refractivity contribution in [1.82, 2.24) is 4.72 Å². The van der Waals surface area contributed by atoms with Gasteiger partial charge in [0.2, 0.25) is 26.0 Å². The molecular formula is C19H23Cl2N3O6S2. The molecular weight excluding hydrogens is 501 g/mol. The summed E-state index contributed by atoms with van der Waals surface area (Å²) in [5, 5.41) is 2.85. The highest BCUT2D eigenvalue weighted by Crippen LogP contribution is 2.30. The Morgan fingerprint density at radius 2 is 1.72 bits per heavy atom. The number of hydrogen-bond donors (Lipinski definition) is 2. The van der Waals surface area contributed by atoms with Crippen molar-refractivity contribution in [2.24, 2.45) is 0 Å². The molecule has 9 nitrogen and oxygen atoms in total. The standard InChI is InChI=1S/C19H23Cl2N3O6S2/c1-12(2)23-32(28,29)14-6-8-18(30-3)17(10-14)22-19(25)11-24(31(4,26)27)13-5-7-15(20)16(21)9-13/h5-10,12,23H,11H2,1-4H3,(H,22,25). The molecule has 13 heteroatoms. The summed E-state index contributed by atoms with van der Waals surface area (Å²) in [6, 6.07) is 7.75. The highest BCUT2D eigenvalue weighted by Gasteiger charge is 2.23. The van der Waals surface area contributed by atoms with E-state index in [1.54, 1.807) is 13.8 Å². The van der Waals surface area contributed by atoms with E-state index in [-0.39, 0.29) is 38.1 Å². The Morgan fingerprint density at radius 1 is 1.06 bits per heavy atom. The molecule has 32 heavy (non-hydrogen) atoms. The van der Waals surface area contributed by atoms with Crippen LogP contribution in [0.1, 0.15) is 13.8 Å². The summed E-state index contributed by atoms with van der Waals surface area (Å²) >= 11 is 11.9. The Bertz CT molecular complexity index is 1220. The van der Waals surface area contributed by atoms with Crippen molar-refractivity contribution in [1.29, 1.82) is 0 Å². The van der Waals surface area contributed by atoms with E-state index in [2.05, 4.69) is 10.0 Å². The van der Waals surface area contributed by atoms with Crippen molar-refractivity contribution in [3.8, 4) is 5.75 Å². The summed E-state index contributed by atoms with van der Waals surface area (Å²) in [4.78, 5) is 12.6. The number of halogens is 2. The molecule has 0 unspecified atom stereocenters. The number of hydrogen-bond acceptors (Lipinski definition) is 6. The van der Waals surface area contributed by atoms with Crippen LogP contribution >= 0.6 is 23.2 Å². The molecule has 0 radical (unpaired) electrons. The first kappa shape index (κ1) is 26.2. The van der Waals surface area contributed by atoms with Gasteiger partial charge in [-0.3, -0.25) is 9.10 Å². The first-order chi connectivity index (χ1) is 14.7. The molecule has 0 spiro atoms. The lowest BCUT2D eigenvalue weighted by atomic mass is 10.3. The zero-order valence-corrected chi connectivity index (χ0v) is 20.9. The van der Waals surface area contributed by atoms with E-state index in [0.29, 0.717) is 0 Å². The monoisotopic (exact) mass is 523 g/mol. The second kappa shape index (κ2) is 10.3. The number of nitrogens with zero attached hydrogens (tertiary/aromatic N) is 1. The molecule has 1 amide bonds. The van der Waals surface area contributed by atoms with Crippen LogP contribution < -0.4 is 19.1 Å². The van der Waals surface area contributed by atoms with E-state index in [1.165, 1.54) is 43.5 Å². The van der Waals surface area contributed by atoms with Gasteiger partial charge in [-0.1, -0.05) is 23.2 Å². The largest absolute Gasteiger partial charge is 0.495 e. The minimum atomic E-state index is -3.86. The van der Waals surface area contributed by atoms with E-state index in [4.69, 9.17) is 27.9 Å². The van der Waals surface area contributed by atoms with Crippen molar-refractivity contribution in [3.63, 3.8) is 0 Å². The van der Waals surface area contributed by atoms with Gasteiger partial charge in [0, 0.05) is 6.04 Å². The predicted octanol–water partition coefficient (Wildman–Crippen LogP) is 3.09. The molecule has 0 heterocycles. The van der Waals surface area contributed by atoms with Gasteiger partial charge in [0.05, 0.1) is 39.7 Å². The van der Waals surface area contributed by atoms with Crippen LogP contribution in [0.15, 0.2) is 41.3 Å². The summed E-state index contributed by atoms with van der Waals surface area (Å²) in [5.74, 6) is -0.534. The highest BCUT2D eigenvalue weighted by atomic mass is 35.5. The number of anilines is 2. The Kier molecular flexibility index (Phi) is 8.40. The van der Waals surface area contributed by atoms with Crippen LogP contribution in [0, 0.1) is 0 Å². The molecule has 0 aliphatic carbocycles. The number of methoxy groups -OCH3 is 1. The Morgan fingerprint density at radius 3 is 2.25 bits per heavy atom. The molecule has 0 atom stereocenters. The molecule has 2 aromatic carbocycles. The molecule has 176 valence electrons. The number of ether oxygens (including phenoxy) is 1. The van der Waals surface area contributed by atoms with Crippen LogP contribution in [0.2, 0.25) is 10.0 Å². The zero-order chi connectivity index (χ0) is 24.3. The number of carbonyl (C=O) groups is 1. The van der Waals surface area contributed by atoms with Crippen molar-refractivity contribution < 1.29 is 26.4 Å². The lowest BCUT2D eigenvalue weighted by molar-refractivity contribution is -0.114. The normalized spacial score (nSPS) is 12.0. The average molecular weight is 524 g/mol. The molecule has 2 rings (SSSR count). The number of benzene rings is 2. The minimum absolute atomic E-state index is 0.0618. The zero-order valence-electron chi connectivity index (χ0n) is 17.7. The maximum absolute atomic E-state index is 12.7. The molecule has 2 aromatic rings. The molecule has 0 aromatic heterocycles. The summed E-state index contributed by atoms with van der Waals surface area (Å²) in [5.41, 5.74) is 0.202. The summed E-state index contributed by atoms with van der Waals surface area (Å²) in [6.45, 7) is 2.75. The Balaban J connectivity index is 2.35. The van der Waals surface area contributed by atoms with Gasteiger partial charge < -0.3 is 10.1 Å². The number of rotatable bonds is 9. The van der Waals surface area contributed by atoms with E-state index in [9.17, 15) is 21.6 Å².